The molecular weight excluding hydrogens is 336 g/mol. The van der Waals surface area contributed by atoms with Gasteiger partial charge < -0.3 is 10.4 Å². The fourth-order valence-corrected chi connectivity index (χ4v) is 2.16. The number of hydrogen-bond donors (Lipinski definition) is 2. The first-order chi connectivity index (χ1) is 11.7. The van der Waals surface area contributed by atoms with Crippen LogP contribution >= 0.6 is 12.4 Å². The van der Waals surface area contributed by atoms with Gasteiger partial charge in [0.2, 0.25) is 0 Å². The van der Waals surface area contributed by atoms with E-state index in [9.17, 15) is 4.79 Å². The first-order valence-corrected chi connectivity index (χ1v) is 8.05. The molecule has 5 heteroatoms. The minimum Gasteiger partial charge on any atom is -0.481 e. The van der Waals surface area contributed by atoms with E-state index in [4.69, 9.17) is 5.11 Å². The summed E-state index contributed by atoms with van der Waals surface area (Å²) >= 11 is 0. The predicted octanol–water partition coefficient (Wildman–Crippen LogP) is 5.45. The summed E-state index contributed by atoms with van der Waals surface area (Å²) in [5.74, 6) is -0.749. The molecule has 0 bridgehead atoms. The monoisotopic (exact) mass is 358 g/mol. The summed E-state index contributed by atoms with van der Waals surface area (Å²) in [6.45, 7) is 0. The molecule has 0 spiro atoms. The van der Waals surface area contributed by atoms with Crippen molar-refractivity contribution in [3.63, 3.8) is 0 Å². The van der Waals surface area contributed by atoms with Crippen molar-refractivity contribution in [2.75, 3.05) is 5.32 Å². The first kappa shape index (κ1) is 20.5. The maximum Gasteiger partial charge on any atom is 0.303 e. The van der Waals surface area contributed by atoms with E-state index in [2.05, 4.69) is 10.3 Å². The van der Waals surface area contributed by atoms with Gasteiger partial charge in [0.1, 0.15) is 0 Å². The van der Waals surface area contributed by atoms with Crippen molar-refractivity contribution < 1.29 is 9.90 Å². The lowest BCUT2D eigenvalue weighted by Gasteiger charge is -2.05. The molecule has 0 amide bonds. The molecule has 0 fully saturated rings. The van der Waals surface area contributed by atoms with Crippen molar-refractivity contribution in [1.82, 2.24) is 0 Å². The fraction of sp³-hybridized carbons (Fsp3) is 0.200. The molecular formula is C20H23ClN2O2. The highest BCUT2D eigenvalue weighted by Crippen LogP contribution is 2.14. The molecule has 0 aromatic heterocycles. The van der Waals surface area contributed by atoms with Gasteiger partial charge in [0.05, 0.1) is 5.69 Å². The maximum absolute atomic E-state index is 10.6. The minimum atomic E-state index is -0.749. The molecule has 2 N–H and O–H groups in total. The van der Waals surface area contributed by atoms with Crippen molar-refractivity contribution >= 4 is 36.0 Å². The number of halogens is 1. The van der Waals surface area contributed by atoms with Gasteiger partial charge in [-0.05, 0) is 49.1 Å². The van der Waals surface area contributed by atoms with Crippen molar-refractivity contribution in [1.29, 1.82) is 0 Å². The van der Waals surface area contributed by atoms with Gasteiger partial charge in [-0.3, -0.25) is 9.79 Å². The number of carboxylic acid groups (broad SMARTS) is 1. The Hall–Kier alpha value is -2.59. The largest absolute Gasteiger partial charge is 0.481 e. The van der Waals surface area contributed by atoms with E-state index in [0.29, 0.717) is 6.42 Å². The number of carboxylic acids is 1. The van der Waals surface area contributed by atoms with Crippen LogP contribution < -0.4 is 5.32 Å². The Labute approximate surface area is 154 Å². The fourth-order valence-electron chi connectivity index (χ4n) is 2.16. The Morgan fingerprint density at radius 1 is 0.960 bits per heavy atom. The van der Waals surface area contributed by atoms with Crippen molar-refractivity contribution in [3.05, 3.63) is 72.4 Å². The number of allylic oxidation sites excluding steroid dienone is 1. The molecule has 0 radical (unpaired) electrons. The zero-order chi connectivity index (χ0) is 17.0. The lowest BCUT2D eigenvalue weighted by Crippen LogP contribution is -1.96. The zero-order valence-corrected chi connectivity index (χ0v) is 14.8. The molecule has 2 aromatic rings. The Kier molecular flexibility index (Phi) is 9.71. The highest BCUT2D eigenvalue weighted by atomic mass is 35.5. The van der Waals surface area contributed by atoms with E-state index in [-0.39, 0.29) is 18.8 Å². The second kappa shape index (κ2) is 11.9. The third-order valence-corrected chi connectivity index (χ3v) is 3.44. The van der Waals surface area contributed by atoms with Crippen molar-refractivity contribution in [3.8, 4) is 0 Å². The van der Waals surface area contributed by atoms with Gasteiger partial charge in [-0.2, -0.15) is 0 Å². The number of aliphatic imine (C=N–C) groups is 1. The summed E-state index contributed by atoms with van der Waals surface area (Å²) in [7, 11) is 0. The molecule has 4 nitrogen and oxygen atoms in total. The summed E-state index contributed by atoms with van der Waals surface area (Å²) < 4.78 is 0. The van der Waals surface area contributed by atoms with E-state index in [1.54, 1.807) is 0 Å². The first-order valence-electron chi connectivity index (χ1n) is 8.05. The number of nitrogens with zero attached hydrogens (tertiary/aromatic N) is 1. The molecule has 0 atom stereocenters. The number of benzene rings is 2. The van der Waals surface area contributed by atoms with Crippen LogP contribution in [0.25, 0.3) is 0 Å². The number of rotatable bonds is 9. The molecule has 0 aliphatic heterocycles. The molecule has 0 heterocycles. The van der Waals surface area contributed by atoms with Gasteiger partial charge in [-0.15, -0.1) is 12.4 Å². The van der Waals surface area contributed by atoms with Crippen LogP contribution in [-0.2, 0) is 4.79 Å². The van der Waals surface area contributed by atoms with Crippen LogP contribution in [0.3, 0.4) is 0 Å². The van der Waals surface area contributed by atoms with E-state index >= 15 is 0 Å². The Balaban J connectivity index is 0.00000312. The maximum atomic E-state index is 10.6. The van der Waals surface area contributed by atoms with Gasteiger partial charge in [-0.25, -0.2) is 0 Å². The van der Waals surface area contributed by atoms with Crippen molar-refractivity contribution in [2.45, 2.75) is 25.7 Å². The Bertz CT molecular complexity index is 685. The van der Waals surface area contributed by atoms with Crippen LogP contribution in [0.2, 0.25) is 0 Å². The molecule has 0 unspecified atom stereocenters. The zero-order valence-electron chi connectivity index (χ0n) is 14.0. The van der Waals surface area contributed by atoms with Crippen LogP contribution in [0, 0.1) is 0 Å². The molecule has 132 valence electrons. The average Bonchev–Trinajstić information content (AvgIpc) is 2.62. The van der Waals surface area contributed by atoms with Gasteiger partial charge in [-0.1, -0.05) is 36.4 Å². The van der Waals surface area contributed by atoms with Gasteiger partial charge in [0, 0.05) is 24.5 Å². The van der Waals surface area contributed by atoms with E-state index in [0.717, 1.165) is 29.8 Å². The highest BCUT2D eigenvalue weighted by molar-refractivity contribution is 5.85. The SMILES string of the molecule is Cl.O=C(O)CCCC/C(C=Nc1ccccc1)=C/Nc1ccccc1. The third kappa shape index (κ3) is 8.72. The summed E-state index contributed by atoms with van der Waals surface area (Å²) in [5, 5.41) is 12.0. The second-order valence-electron chi connectivity index (χ2n) is 5.42. The molecule has 2 aromatic carbocycles. The summed E-state index contributed by atoms with van der Waals surface area (Å²) in [5.41, 5.74) is 2.94. The smallest absolute Gasteiger partial charge is 0.303 e. The summed E-state index contributed by atoms with van der Waals surface area (Å²) in [6.07, 6.45) is 6.24. The number of nitrogens with one attached hydrogen (secondary N) is 1. The topological polar surface area (TPSA) is 61.7 Å². The number of hydrogen-bond acceptors (Lipinski definition) is 3. The van der Waals surface area contributed by atoms with Crippen LogP contribution in [0.5, 0.6) is 0 Å². The van der Waals surface area contributed by atoms with Crippen LogP contribution in [0.1, 0.15) is 25.7 Å². The number of para-hydroxylation sites is 2. The lowest BCUT2D eigenvalue weighted by atomic mass is 10.1. The second-order valence-corrected chi connectivity index (χ2v) is 5.42. The quantitative estimate of drug-likeness (QED) is 0.462. The van der Waals surface area contributed by atoms with Crippen LogP contribution in [0.4, 0.5) is 11.4 Å². The Morgan fingerprint density at radius 3 is 2.20 bits per heavy atom. The number of carbonyl (C=O) groups is 1. The predicted molar refractivity (Wildman–Crippen MR) is 106 cm³/mol. The van der Waals surface area contributed by atoms with Gasteiger partial charge in [0.25, 0.3) is 0 Å². The highest BCUT2D eigenvalue weighted by Gasteiger charge is 1.99. The van der Waals surface area contributed by atoms with E-state index < -0.39 is 5.97 Å². The third-order valence-electron chi connectivity index (χ3n) is 3.44. The summed E-state index contributed by atoms with van der Waals surface area (Å²) in [4.78, 5) is 15.1. The minimum absolute atomic E-state index is 0. The van der Waals surface area contributed by atoms with Crippen molar-refractivity contribution in [2.24, 2.45) is 4.99 Å². The Morgan fingerprint density at radius 2 is 1.56 bits per heavy atom. The number of aliphatic carboxylic acids is 1. The van der Waals surface area contributed by atoms with Crippen LogP contribution in [-0.4, -0.2) is 17.3 Å². The molecule has 0 aliphatic carbocycles. The van der Waals surface area contributed by atoms with Crippen LogP contribution in [0.15, 0.2) is 77.4 Å². The molecule has 0 aliphatic rings. The van der Waals surface area contributed by atoms with Gasteiger partial charge in [0.15, 0.2) is 0 Å². The average molecular weight is 359 g/mol. The number of anilines is 1. The standard InChI is InChI=1S/C20H22N2O2.ClH/c23-20(24)14-8-7-9-17(15-21-18-10-3-1-4-11-18)16-22-19-12-5-2-6-13-19;/h1-6,10-13,15-16,21H,7-9,14H2,(H,23,24);1H/b17-15-,22-16?;. The van der Waals surface area contributed by atoms with E-state index in [1.165, 1.54) is 0 Å². The molecule has 0 saturated heterocycles. The molecule has 2 rings (SSSR count). The van der Waals surface area contributed by atoms with E-state index in [1.807, 2.05) is 73.1 Å². The normalized spacial score (nSPS) is 11.1. The molecule has 25 heavy (non-hydrogen) atoms. The molecule has 0 saturated carbocycles. The summed E-state index contributed by atoms with van der Waals surface area (Å²) in [6, 6.07) is 19.7. The number of unbranched alkanes of at least 4 members (excludes halogenated alkanes) is 1. The van der Waals surface area contributed by atoms with Gasteiger partial charge >= 0.3 is 5.97 Å². The lowest BCUT2D eigenvalue weighted by molar-refractivity contribution is -0.137.